The van der Waals surface area contributed by atoms with E-state index in [1.54, 1.807) is 11.8 Å². The van der Waals surface area contributed by atoms with Gasteiger partial charge in [-0.1, -0.05) is 11.6 Å². The number of carbonyl (C=O) groups is 1. The van der Waals surface area contributed by atoms with Crippen LogP contribution in [0.3, 0.4) is 0 Å². The highest BCUT2D eigenvalue weighted by molar-refractivity contribution is 7.98. The highest BCUT2D eigenvalue weighted by atomic mass is 35.5. The Labute approximate surface area is 114 Å². The van der Waals surface area contributed by atoms with Gasteiger partial charge in [0.05, 0.1) is 4.92 Å². The van der Waals surface area contributed by atoms with Crippen LogP contribution < -0.4 is 5.32 Å². The third-order valence-electron chi connectivity index (χ3n) is 2.20. The molecule has 0 saturated heterocycles. The molecule has 0 spiro atoms. The summed E-state index contributed by atoms with van der Waals surface area (Å²) in [7, 11) is 0. The summed E-state index contributed by atoms with van der Waals surface area (Å²) in [6.45, 7) is 1.89. The van der Waals surface area contributed by atoms with Crippen LogP contribution in [0, 0.1) is 10.1 Å². The molecular weight excluding hydrogens is 276 g/mol. The van der Waals surface area contributed by atoms with E-state index in [9.17, 15) is 14.9 Å². The summed E-state index contributed by atoms with van der Waals surface area (Å²) in [4.78, 5) is 21.8. The van der Waals surface area contributed by atoms with Gasteiger partial charge in [0.25, 0.3) is 11.6 Å². The van der Waals surface area contributed by atoms with Crippen LogP contribution in [0.5, 0.6) is 0 Å². The van der Waals surface area contributed by atoms with Crippen LogP contribution in [0.1, 0.15) is 17.3 Å². The van der Waals surface area contributed by atoms with Gasteiger partial charge in [-0.2, -0.15) is 11.8 Å². The van der Waals surface area contributed by atoms with Crippen LogP contribution >= 0.6 is 23.4 Å². The van der Waals surface area contributed by atoms with Crippen molar-refractivity contribution >= 4 is 35.0 Å². The molecule has 0 aliphatic carbocycles. The molecule has 5 nitrogen and oxygen atoms in total. The second-order valence-corrected chi connectivity index (χ2v) is 5.07. The van der Waals surface area contributed by atoms with Crippen molar-refractivity contribution in [1.29, 1.82) is 0 Å². The lowest BCUT2D eigenvalue weighted by Crippen LogP contribution is -2.34. The second-order valence-electron chi connectivity index (χ2n) is 3.75. The predicted octanol–water partition coefficient (Wildman–Crippen LogP) is 2.73. The molecule has 1 aromatic carbocycles. The van der Waals surface area contributed by atoms with Gasteiger partial charge in [0.15, 0.2) is 0 Å². The standard InChI is InChI=1S/C11H13ClN2O3S/c1-7(6-18-2)13-11(15)8-3-4-10(14(16)17)9(12)5-8/h3-5,7H,6H2,1-2H3,(H,13,15). The van der Waals surface area contributed by atoms with Gasteiger partial charge >= 0.3 is 0 Å². The fourth-order valence-corrected chi connectivity index (χ4v) is 2.23. The van der Waals surface area contributed by atoms with Crippen LogP contribution in [0.25, 0.3) is 0 Å². The molecule has 0 saturated carbocycles. The summed E-state index contributed by atoms with van der Waals surface area (Å²) in [5.74, 6) is 0.514. The maximum absolute atomic E-state index is 11.8. The Morgan fingerprint density at radius 3 is 2.78 bits per heavy atom. The fraction of sp³-hybridized carbons (Fsp3) is 0.364. The van der Waals surface area contributed by atoms with E-state index in [2.05, 4.69) is 5.32 Å². The summed E-state index contributed by atoms with van der Waals surface area (Å²) in [6, 6.07) is 3.96. The monoisotopic (exact) mass is 288 g/mol. The average molecular weight is 289 g/mol. The first kappa shape index (κ1) is 14.8. The van der Waals surface area contributed by atoms with Crippen molar-refractivity contribution in [2.45, 2.75) is 13.0 Å². The molecule has 0 aliphatic rings. The third kappa shape index (κ3) is 3.89. The van der Waals surface area contributed by atoms with Gasteiger partial charge in [0.1, 0.15) is 5.02 Å². The molecule has 1 unspecified atom stereocenters. The fourth-order valence-electron chi connectivity index (χ4n) is 1.39. The van der Waals surface area contributed by atoms with Gasteiger partial charge in [-0.25, -0.2) is 0 Å². The lowest BCUT2D eigenvalue weighted by Gasteiger charge is -2.12. The van der Waals surface area contributed by atoms with E-state index in [-0.39, 0.29) is 22.7 Å². The number of thioether (sulfide) groups is 1. The molecule has 7 heteroatoms. The van der Waals surface area contributed by atoms with E-state index in [1.807, 2.05) is 13.2 Å². The molecular formula is C11H13ClN2O3S. The van der Waals surface area contributed by atoms with Crippen molar-refractivity contribution < 1.29 is 9.72 Å². The molecule has 0 radical (unpaired) electrons. The number of benzene rings is 1. The molecule has 1 atom stereocenters. The van der Waals surface area contributed by atoms with E-state index in [1.165, 1.54) is 18.2 Å². The summed E-state index contributed by atoms with van der Waals surface area (Å²) in [5, 5.41) is 13.3. The minimum atomic E-state index is -0.583. The largest absolute Gasteiger partial charge is 0.349 e. The molecule has 1 amide bonds. The van der Waals surface area contributed by atoms with Crippen molar-refractivity contribution in [2.24, 2.45) is 0 Å². The van der Waals surface area contributed by atoms with Crippen LogP contribution in [0.15, 0.2) is 18.2 Å². The summed E-state index contributed by atoms with van der Waals surface area (Å²) in [6.07, 6.45) is 1.95. The van der Waals surface area contributed by atoms with Crippen LogP contribution in [-0.2, 0) is 0 Å². The minimum Gasteiger partial charge on any atom is -0.349 e. The van der Waals surface area contributed by atoms with Crippen LogP contribution in [-0.4, -0.2) is 28.9 Å². The highest BCUT2D eigenvalue weighted by Gasteiger charge is 2.16. The zero-order valence-electron chi connectivity index (χ0n) is 9.97. The van der Waals surface area contributed by atoms with Gasteiger partial charge < -0.3 is 5.32 Å². The maximum atomic E-state index is 11.8. The summed E-state index contributed by atoms with van der Waals surface area (Å²) < 4.78 is 0. The zero-order chi connectivity index (χ0) is 13.7. The number of hydrogen-bond donors (Lipinski definition) is 1. The Balaban J connectivity index is 2.81. The van der Waals surface area contributed by atoms with Crippen LogP contribution in [0.4, 0.5) is 5.69 Å². The summed E-state index contributed by atoms with van der Waals surface area (Å²) >= 11 is 7.37. The number of nitro groups is 1. The van der Waals surface area contributed by atoms with Crippen molar-refractivity contribution in [3.05, 3.63) is 38.9 Å². The van der Waals surface area contributed by atoms with E-state index in [0.717, 1.165) is 5.75 Å². The normalized spacial score (nSPS) is 11.9. The molecule has 98 valence electrons. The molecule has 18 heavy (non-hydrogen) atoms. The average Bonchev–Trinajstić information content (AvgIpc) is 2.28. The van der Waals surface area contributed by atoms with Gasteiger partial charge in [-0.15, -0.1) is 0 Å². The Kier molecular flexibility index (Phi) is 5.43. The maximum Gasteiger partial charge on any atom is 0.287 e. The molecule has 0 aliphatic heterocycles. The Hall–Kier alpha value is -1.27. The van der Waals surface area contributed by atoms with E-state index >= 15 is 0 Å². The van der Waals surface area contributed by atoms with Crippen LogP contribution in [0.2, 0.25) is 5.02 Å². The number of halogens is 1. The number of nitrogens with zero attached hydrogens (tertiary/aromatic N) is 1. The summed E-state index contributed by atoms with van der Waals surface area (Å²) in [5.41, 5.74) is 0.115. The minimum absolute atomic E-state index is 0.0291. The zero-order valence-corrected chi connectivity index (χ0v) is 11.5. The number of hydrogen-bond acceptors (Lipinski definition) is 4. The number of rotatable bonds is 5. The lowest BCUT2D eigenvalue weighted by molar-refractivity contribution is -0.384. The van der Waals surface area contributed by atoms with E-state index in [0.29, 0.717) is 5.56 Å². The topological polar surface area (TPSA) is 72.2 Å². The Bertz CT molecular complexity index is 468. The Morgan fingerprint density at radius 1 is 1.61 bits per heavy atom. The number of carbonyl (C=O) groups excluding carboxylic acids is 1. The van der Waals surface area contributed by atoms with E-state index < -0.39 is 4.92 Å². The second kappa shape index (κ2) is 6.61. The quantitative estimate of drug-likeness (QED) is 0.668. The van der Waals surface area contributed by atoms with Crippen molar-refractivity contribution in [2.75, 3.05) is 12.0 Å². The first-order chi connectivity index (χ1) is 8.45. The first-order valence-electron chi connectivity index (χ1n) is 5.19. The van der Waals surface area contributed by atoms with Gasteiger partial charge in [-0.3, -0.25) is 14.9 Å². The molecule has 0 bridgehead atoms. The molecule has 0 aromatic heterocycles. The van der Waals surface area contributed by atoms with Gasteiger partial charge in [0.2, 0.25) is 0 Å². The SMILES string of the molecule is CSCC(C)NC(=O)c1ccc([N+](=O)[O-])c(Cl)c1. The lowest BCUT2D eigenvalue weighted by atomic mass is 10.2. The molecule has 1 rings (SSSR count). The third-order valence-corrected chi connectivity index (χ3v) is 3.34. The van der Waals surface area contributed by atoms with Crippen molar-refractivity contribution in [3.8, 4) is 0 Å². The number of amides is 1. The van der Waals surface area contributed by atoms with Crippen molar-refractivity contribution in [1.82, 2.24) is 5.32 Å². The smallest absolute Gasteiger partial charge is 0.287 e. The molecule has 1 aromatic rings. The number of nitrogens with one attached hydrogen (secondary N) is 1. The molecule has 1 N–H and O–H groups in total. The molecule has 0 heterocycles. The van der Waals surface area contributed by atoms with E-state index in [4.69, 9.17) is 11.6 Å². The highest BCUT2D eigenvalue weighted by Crippen LogP contribution is 2.24. The first-order valence-corrected chi connectivity index (χ1v) is 6.96. The Morgan fingerprint density at radius 2 is 2.28 bits per heavy atom. The van der Waals surface area contributed by atoms with Gasteiger partial charge in [0, 0.05) is 23.4 Å². The van der Waals surface area contributed by atoms with Gasteiger partial charge in [-0.05, 0) is 25.3 Å². The molecule has 0 fully saturated rings. The number of nitro benzene ring substituents is 1. The van der Waals surface area contributed by atoms with Crippen molar-refractivity contribution in [3.63, 3.8) is 0 Å². The predicted molar refractivity (Wildman–Crippen MR) is 73.4 cm³/mol.